The quantitative estimate of drug-likeness (QED) is 0.781. The number of benzene rings is 1. The Balaban J connectivity index is 2.37. The monoisotopic (exact) mass is 208 g/mol. The van der Waals surface area contributed by atoms with E-state index in [4.69, 9.17) is 10.5 Å². The van der Waals surface area contributed by atoms with E-state index in [9.17, 15) is 4.79 Å². The van der Waals surface area contributed by atoms with Gasteiger partial charge in [0.15, 0.2) is 0 Å². The molecule has 1 amide bonds. The SMILES string of the molecule is Cc1ccccc1COC(=O)NCCN. The zero-order valence-electron chi connectivity index (χ0n) is 8.82. The van der Waals surface area contributed by atoms with Gasteiger partial charge in [-0.05, 0) is 18.1 Å². The summed E-state index contributed by atoms with van der Waals surface area (Å²) in [5.41, 5.74) is 7.37. The molecule has 0 unspecified atom stereocenters. The summed E-state index contributed by atoms with van der Waals surface area (Å²) in [5.74, 6) is 0. The van der Waals surface area contributed by atoms with Gasteiger partial charge in [-0.25, -0.2) is 4.79 Å². The largest absolute Gasteiger partial charge is 0.445 e. The highest BCUT2D eigenvalue weighted by atomic mass is 16.5. The highest BCUT2D eigenvalue weighted by Gasteiger charge is 2.02. The second-order valence-corrected chi connectivity index (χ2v) is 3.22. The molecule has 1 aromatic carbocycles. The molecule has 4 nitrogen and oxygen atoms in total. The first-order valence-corrected chi connectivity index (χ1v) is 4.89. The van der Waals surface area contributed by atoms with E-state index in [-0.39, 0.29) is 0 Å². The Morgan fingerprint density at radius 2 is 2.20 bits per heavy atom. The number of carbonyl (C=O) groups excluding carboxylic acids is 1. The van der Waals surface area contributed by atoms with E-state index in [2.05, 4.69) is 5.32 Å². The standard InChI is InChI=1S/C11H16N2O2/c1-9-4-2-3-5-10(9)8-15-11(14)13-7-6-12/h2-5H,6-8,12H2,1H3,(H,13,14). The predicted molar refractivity (Wildman–Crippen MR) is 58.4 cm³/mol. The first-order chi connectivity index (χ1) is 7.24. The molecule has 82 valence electrons. The average molecular weight is 208 g/mol. The summed E-state index contributed by atoms with van der Waals surface area (Å²) in [7, 11) is 0. The Bertz CT molecular complexity index is 326. The maximum atomic E-state index is 11.1. The van der Waals surface area contributed by atoms with Gasteiger partial charge >= 0.3 is 6.09 Å². The first-order valence-electron chi connectivity index (χ1n) is 4.89. The van der Waals surface area contributed by atoms with Gasteiger partial charge in [0, 0.05) is 13.1 Å². The molecule has 0 radical (unpaired) electrons. The Hall–Kier alpha value is -1.55. The third kappa shape index (κ3) is 3.99. The van der Waals surface area contributed by atoms with E-state index in [1.54, 1.807) is 0 Å². The molecule has 1 aromatic rings. The lowest BCUT2D eigenvalue weighted by Crippen LogP contribution is -2.29. The summed E-state index contributed by atoms with van der Waals surface area (Å²) >= 11 is 0. The third-order valence-corrected chi connectivity index (χ3v) is 2.03. The van der Waals surface area contributed by atoms with Crippen molar-refractivity contribution in [3.8, 4) is 0 Å². The van der Waals surface area contributed by atoms with Gasteiger partial charge in [-0.3, -0.25) is 0 Å². The molecule has 0 aliphatic heterocycles. The minimum atomic E-state index is -0.427. The zero-order valence-corrected chi connectivity index (χ0v) is 8.82. The molecule has 0 saturated heterocycles. The van der Waals surface area contributed by atoms with Crippen molar-refractivity contribution >= 4 is 6.09 Å². The van der Waals surface area contributed by atoms with E-state index in [1.807, 2.05) is 31.2 Å². The fourth-order valence-corrected chi connectivity index (χ4v) is 1.14. The molecule has 0 bridgehead atoms. The maximum absolute atomic E-state index is 11.1. The van der Waals surface area contributed by atoms with Gasteiger partial charge in [-0.1, -0.05) is 24.3 Å². The number of hydrogen-bond donors (Lipinski definition) is 2. The van der Waals surface area contributed by atoms with E-state index < -0.39 is 6.09 Å². The number of alkyl carbamates (subject to hydrolysis) is 1. The summed E-state index contributed by atoms with van der Waals surface area (Å²) in [6, 6.07) is 7.79. The summed E-state index contributed by atoms with van der Waals surface area (Å²) < 4.78 is 5.01. The van der Waals surface area contributed by atoms with Gasteiger partial charge in [-0.2, -0.15) is 0 Å². The molecular formula is C11H16N2O2. The van der Waals surface area contributed by atoms with Gasteiger partial charge in [0.25, 0.3) is 0 Å². The molecule has 0 heterocycles. The molecule has 0 atom stereocenters. The molecule has 1 rings (SSSR count). The smallest absolute Gasteiger partial charge is 0.407 e. The van der Waals surface area contributed by atoms with Crippen LogP contribution in [-0.4, -0.2) is 19.2 Å². The van der Waals surface area contributed by atoms with E-state index in [0.717, 1.165) is 11.1 Å². The lowest BCUT2D eigenvalue weighted by Gasteiger charge is -2.07. The number of nitrogens with two attached hydrogens (primary N) is 1. The number of amides is 1. The second kappa shape index (κ2) is 6.03. The molecule has 4 heteroatoms. The molecule has 3 N–H and O–H groups in total. The number of rotatable bonds is 4. The number of carbonyl (C=O) groups is 1. The molecule has 0 spiro atoms. The van der Waals surface area contributed by atoms with Gasteiger partial charge in [0.1, 0.15) is 6.61 Å². The highest BCUT2D eigenvalue weighted by Crippen LogP contribution is 2.07. The van der Waals surface area contributed by atoms with Gasteiger partial charge in [0.2, 0.25) is 0 Å². The Morgan fingerprint density at radius 1 is 1.47 bits per heavy atom. The fraction of sp³-hybridized carbons (Fsp3) is 0.364. The van der Waals surface area contributed by atoms with Crippen LogP contribution in [0.1, 0.15) is 11.1 Å². The van der Waals surface area contributed by atoms with Crippen molar-refractivity contribution < 1.29 is 9.53 Å². The number of hydrogen-bond acceptors (Lipinski definition) is 3. The van der Waals surface area contributed by atoms with Crippen molar-refractivity contribution in [1.82, 2.24) is 5.32 Å². The lowest BCUT2D eigenvalue weighted by molar-refractivity contribution is 0.140. The molecule has 0 fully saturated rings. The summed E-state index contributed by atoms with van der Waals surface area (Å²) in [5, 5.41) is 2.54. The minimum Gasteiger partial charge on any atom is -0.445 e. The van der Waals surface area contributed by atoms with Crippen molar-refractivity contribution in [3.05, 3.63) is 35.4 Å². The van der Waals surface area contributed by atoms with Crippen molar-refractivity contribution in [2.75, 3.05) is 13.1 Å². The summed E-state index contributed by atoms with van der Waals surface area (Å²) in [6.07, 6.45) is -0.427. The molecular weight excluding hydrogens is 192 g/mol. The van der Waals surface area contributed by atoms with Crippen LogP contribution in [0.2, 0.25) is 0 Å². The Kier molecular flexibility index (Phi) is 4.63. The zero-order chi connectivity index (χ0) is 11.1. The molecule has 0 aromatic heterocycles. The van der Waals surface area contributed by atoms with Crippen molar-refractivity contribution in [2.24, 2.45) is 5.73 Å². The number of ether oxygens (including phenoxy) is 1. The van der Waals surface area contributed by atoms with Crippen molar-refractivity contribution in [1.29, 1.82) is 0 Å². The third-order valence-electron chi connectivity index (χ3n) is 2.03. The average Bonchev–Trinajstić information content (AvgIpc) is 2.25. The van der Waals surface area contributed by atoms with Crippen molar-refractivity contribution in [2.45, 2.75) is 13.5 Å². The molecule has 15 heavy (non-hydrogen) atoms. The van der Waals surface area contributed by atoms with E-state index in [1.165, 1.54) is 0 Å². The summed E-state index contributed by atoms with van der Waals surface area (Å²) in [4.78, 5) is 11.1. The minimum absolute atomic E-state index is 0.295. The van der Waals surface area contributed by atoms with Crippen LogP contribution in [0.25, 0.3) is 0 Å². The molecule has 0 aliphatic rings. The van der Waals surface area contributed by atoms with E-state index in [0.29, 0.717) is 19.7 Å². The van der Waals surface area contributed by atoms with Crippen LogP contribution in [0, 0.1) is 6.92 Å². The van der Waals surface area contributed by atoms with Crippen LogP contribution < -0.4 is 11.1 Å². The topological polar surface area (TPSA) is 64.3 Å². The lowest BCUT2D eigenvalue weighted by atomic mass is 10.1. The second-order valence-electron chi connectivity index (χ2n) is 3.22. The predicted octanol–water partition coefficient (Wildman–Crippen LogP) is 1.18. The Morgan fingerprint density at radius 3 is 2.87 bits per heavy atom. The molecule has 0 aliphatic carbocycles. The number of nitrogens with one attached hydrogen (secondary N) is 1. The first kappa shape index (κ1) is 11.5. The highest BCUT2D eigenvalue weighted by molar-refractivity contribution is 5.67. The van der Waals surface area contributed by atoms with Crippen LogP contribution in [0.15, 0.2) is 24.3 Å². The normalized spacial score (nSPS) is 9.73. The maximum Gasteiger partial charge on any atom is 0.407 e. The summed E-state index contributed by atoms with van der Waals surface area (Å²) in [6.45, 7) is 3.13. The van der Waals surface area contributed by atoms with Crippen molar-refractivity contribution in [3.63, 3.8) is 0 Å². The van der Waals surface area contributed by atoms with Crippen LogP contribution in [0.4, 0.5) is 4.79 Å². The van der Waals surface area contributed by atoms with Crippen LogP contribution in [0.5, 0.6) is 0 Å². The van der Waals surface area contributed by atoms with Crippen LogP contribution >= 0.6 is 0 Å². The molecule has 0 saturated carbocycles. The van der Waals surface area contributed by atoms with Gasteiger partial charge < -0.3 is 15.8 Å². The van der Waals surface area contributed by atoms with Gasteiger partial charge in [0.05, 0.1) is 0 Å². The fourth-order valence-electron chi connectivity index (χ4n) is 1.14. The van der Waals surface area contributed by atoms with Crippen LogP contribution in [0.3, 0.4) is 0 Å². The Labute approximate surface area is 89.4 Å². The van der Waals surface area contributed by atoms with Crippen LogP contribution in [-0.2, 0) is 11.3 Å². The van der Waals surface area contributed by atoms with Gasteiger partial charge in [-0.15, -0.1) is 0 Å². The number of aryl methyl sites for hydroxylation is 1. The van der Waals surface area contributed by atoms with E-state index >= 15 is 0 Å².